The Morgan fingerprint density at radius 2 is 1.62 bits per heavy atom. The van der Waals surface area contributed by atoms with Crippen LogP contribution in [0.15, 0.2) is 30.3 Å². The highest BCUT2D eigenvalue weighted by atomic mass is 19.1. The molecule has 1 aliphatic carbocycles. The maximum Gasteiger partial charge on any atom is 0.130 e. The third kappa shape index (κ3) is 5.15. The summed E-state index contributed by atoms with van der Waals surface area (Å²) in [6, 6.07) is 7.59. The van der Waals surface area contributed by atoms with Gasteiger partial charge >= 0.3 is 0 Å². The van der Waals surface area contributed by atoms with Crippen molar-refractivity contribution in [2.75, 3.05) is 7.11 Å². The van der Waals surface area contributed by atoms with Crippen LogP contribution in [-0.2, 0) is 6.42 Å². The van der Waals surface area contributed by atoms with Gasteiger partial charge in [0.05, 0.1) is 7.11 Å². The fourth-order valence-corrected chi connectivity index (χ4v) is 4.70. The Bertz CT molecular complexity index is 802. The lowest BCUT2D eigenvalue weighted by atomic mass is 9.77. The lowest BCUT2D eigenvalue weighted by Crippen LogP contribution is -2.14. The molecule has 0 saturated heterocycles. The van der Waals surface area contributed by atoms with Crippen LogP contribution >= 0.6 is 0 Å². The molecule has 1 saturated carbocycles. The minimum Gasteiger partial charge on any atom is -0.497 e. The van der Waals surface area contributed by atoms with Gasteiger partial charge in [0, 0.05) is 11.6 Å². The smallest absolute Gasteiger partial charge is 0.130 e. The Balaban J connectivity index is 1.73. The van der Waals surface area contributed by atoms with E-state index >= 15 is 0 Å². The molecule has 0 spiro atoms. The van der Waals surface area contributed by atoms with Gasteiger partial charge in [-0.05, 0) is 79.2 Å². The summed E-state index contributed by atoms with van der Waals surface area (Å²) in [7, 11) is 1.47. The number of rotatable bonds is 7. The molecule has 0 radical (unpaired) electrons. The average molecular weight is 405 g/mol. The van der Waals surface area contributed by atoms with Crippen molar-refractivity contribution in [3.8, 4) is 5.75 Å². The van der Waals surface area contributed by atoms with Crippen LogP contribution in [0.1, 0.15) is 80.9 Å². The van der Waals surface area contributed by atoms with Crippen molar-refractivity contribution in [1.82, 2.24) is 0 Å². The van der Waals surface area contributed by atoms with E-state index in [1.807, 2.05) is 0 Å². The van der Waals surface area contributed by atoms with Crippen molar-refractivity contribution in [1.29, 1.82) is 0 Å². The van der Waals surface area contributed by atoms with Crippen molar-refractivity contribution in [3.05, 3.63) is 64.5 Å². The van der Waals surface area contributed by atoms with E-state index in [1.54, 1.807) is 19.1 Å². The normalized spacial score (nSPS) is 20.5. The van der Waals surface area contributed by atoms with Crippen molar-refractivity contribution in [2.24, 2.45) is 5.92 Å². The van der Waals surface area contributed by atoms with Gasteiger partial charge in [-0.3, -0.25) is 0 Å². The van der Waals surface area contributed by atoms with Gasteiger partial charge in [-0.15, -0.1) is 0 Å². The number of ether oxygens (including phenoxy) is 1. The fraction of sp³-hybridized carbons (Fsp3) is 0.520. The molecular formula is C25H31F3O. The van der Waals surface area contributed by atoms with Crippen molar-refractivity contribution in [3.63, 3.8) is 0 Å². The summed E-state index contributed by atoms with van der Waals surface area (Å²) in [4.78, 5) is 0. The number of hydrogen-bond donors (Lipinski definition) is 0. The molecule has 0 unspecified atom stereocenters. The third-order valence-corrected chi connectivity index (χ3v) is 6.43. The first-order chi connectivity index (χ1) is 13.9. The minimum atomic E-state index is -0.517. The van der Waals surface area contributed by atoms with Crippen molar-refractivity contribution >= 4 is 0 Å². The largest absolute Gasteiger partial charge is 0.497 e. The van der Waals surface area contributed by atoms with Crippen LogP contribution in [0.3, 0.4) is 0 Å². The molecule has 0 aliphatic heterocycles. The molecule has 2 aromatic carbocycles. The number of halogens is 3. The van der Waals surface area contributed by atoms with E-state index in [1.165, 1.54) is 38.2 Å². The van der Waals surface area contributed by atoms with Gasteiger partial charge in [-0.1, -0.05) is 32.8 Å². The van der Waals surface area contributed by atoms with Gasteiger partial charge in [0.1, 0.15) is 23.2 Å². The summed E-state index contributed by atoms with van der Waals surface area (Å²) in [5, 5.41) is 0. The first-order valence-electron chi connectivity index (χ1n) is 10.7. The van der Waals surface area contributed by atoms with Gasteiger partial charge in [-0.25, -0.2) is 13.2 Å². The summed E-state index contributed by atoms with van der Waals surface area (Å²) < 4.78 is 48.9. The van der Waals surface area contributed by atoms with Crippen LogP contribution < -0.4 is 4.74 Å². The highest BCUT2D eigenvalue weighted by Crippen LogP contribution is 2.38. The van der Waals surface area contributed by atoms with E-state index in [0.29, 0.717) is 11.3 Å². The average Bonchev–Trinajstić information content (AvgIpc) is 2.71. The molecule has 0 heterocycles. The number of benzene rings is 2. The number of hydrogen-bond acceptors (Lipinski definition) is 1. The monoisotopic (exact) mass is 404 g/mol. The molecule has 4 heteroatoms. The minimum absolute atomic E-state index is 0.0381. The molecule has 158 valence electrons. The molecule has 1 fully saturated rings. The summed E-state index contributed by atoms with van der Waals surface area (Å²) in [5.41, 5.74) is 1.24. The second kappa shape index (κ2) is 9.69. The van der Waals surface area contributed by atoms with Gasteiger partial charge in [0.15, 0.2) is 0 Å². The topological polar surface area (TPSA) is 9.23 Å². The molecule has 2 aromatic rings. The summed E-state index contributed by atoms with van der Waals surface area (Å²) in [6.45, 7) is 3.99. The van der Waals surface area contributed by atoms with E-state index in [-0.39, 0.29) is 23.8 Å². The molecule has 1 nitrogen and oxygen atoms in total. The van der Waals surface area contributed by atoms with Crippen LogP contribution in [0.4, 0.5) is 13.2 Å². The van der Waals surface area contributed by atoms with Gasteiger partial charge < -0.3 is 4.74 Å². The van der Waals surface area contributed by atoms with E-state index < -0.39 is 17.5 Å². The zero-order valence-corrected chi connectivity index (χ0v) is 17.6. The Kier molecular flexibility index (Phi) is 7.26. The Hall–Kier alpha value is -1.97. The van der Waals surface area contributed by atoms with Crippen molar-refractivity contribution < 1.29 is 17.9 Å². The summed E-state index contributed by atoms with van der Waals surface area (Å²) in [5.74, 6) is -0.386. The molecule has 0 N–H and O–H groups in total. The van der Waals surface area contributed by atoms with E-state index in [4.69, 9.17) is 4.74 Å². The maximum atomic E-state index is 14.8. The Labute approximate surface area is 172 Å². The van der Waals surface area contributed by atoms with E-state index in [9.17, 15) is 13.2 Å². The molecule has 0 amide bonds. The fourth-order valence-electron chi connectivity index (χ4n) is 4.70. The third-order valence-electron chi connectivity index (χ3n) is 6.43. The van der Waals surface area contributed by atoms with Gasteiger partial charge in [0.2, 0.25) is 0 Å². The van der Waals surface area contributed by atoms with Crippen LogP contribution in [0.2, 0.25) is 0 Å². The predicted molar refractivity (Wildman–Crippen MR) is 111 cm³/mol. The molecule has 1 atom stereocenters. The molecule has 29 heavy (non-hydrogen) atoms. The van der Waals surface area contributed by atoms with Gasteiger partial charge in [0.25, 0.3) is 0 Å². The summed E-state index contributed by atoms with van der Waals surface area (Å²) in [6.07, 6.45) is 6.82. The first kappa shape index (κ1) is 21.7. The first-order valence-corrected chi connectivity index (χ1v) is 10.7. The Morgan fingerprint density at radius 1 is 0.966 bits per heavy atom. The predicted octanol–water partition coefficient (Wildman–Crippen LogP) is 7.53. The maximum absolute atomic E-state index is 14.8. The zero-order valence-electron chi connectivity index (χ0n) is 17.6. The van der Waals surface area contributed by atoms with Crippen LogP contribution in [0.25, 0.3) is 0 Å². The lowest BCUT2D eigenvalue weighted by molar-refractivity contribution is 0.307. The molecule has 0 aromatic heterocycles. The quantitative estimate of drug-likeness (QED) is 0.463. The molecule has 0 bridgehead atoms. The second-order valence-corrected chi connectivity index (χ2v) is 8.46. The van der Waals surface area contributed by atoms with E-state index in [0.717, 1.165) is 37.2 Å². The van der Waals surface area contributed by atoms with Crippen LogP contribution in [0, 0.1) is 23.4 Å². The highest BCUT2D eigenvalue weighted by Gasteiger charge is 2.24. The second-order valence-electron chi connectivity index (χ2n) is 8.46. The molecule has 3 rings (SSSR count). The van der Waals surface area contributed by atoms with Gasteiger partial charge in [-0.2, -0.15) is 0 Å². The molecule has 1 aliphatic rings. The lowest BCUT2D eigenvalue weighted by Gasteiger charge is -2.29. The van der Waals surface area contributed by atoms with Crippen LogP contribution in [0.5, 0.6) is 5.75 Å². The SMILES string of the molecule is CCCC1CCC(c2cc(F)c(C[C@@H](C)c3ccc(OC)cc3F)c(F)c2)CC1. The summed E-state index contributed by atoms with van der Waals surface area (Å²) >= 11 is 0. The van der Waals surface area contributed by atoms with E-state index in [2.05, 4.69) is 6.92 Å². The highest BCUT2D eigenvalue weighted by molar-refractivity contribution is 5.34. The standard InChI is InChI=1S/C25H31F3O/c1-4-5-17-6-8-18(9-7-17)19-13-23(26)22(24(27)14-19)12-16(2)21-11-10-20(29-3)15-25(21)28/h10-11,13-18H,4-9,12H2,1-3H3/t16-,17?,18?/m1/s1. The zero-order chi connectivity index (χ0) is 21.0. The Morgan fingerprint density at radius 3 is 2.17 bits per heavy atom. The number of methoxy groups -OCH3 is 1. The molecular weight excluding hydrogens is 373 g/mol. The van der Waals surface area contributed by atoms with Crippen LogP contribution in [-0.4, -0.2) is 7.11 Å². The van der Waals surface area contributed by atoms with Crippen molar-refractivity contribution in [2.45, 2.75) is 70.6 Å².